The first-order valence-corrected chi connectivity index (χ1v) is 10.4. The van der Waals surface area contributed by atoms with Gasteiger partial charge in [-0.2, -0.15) is 5.10 Å². The fourth-order valence-corrected chi connectivity index (χ4v) is 4.00. The molecule has 29 heavy (non-hydrogen) atoms. The van der Waals surface area contributed by atoms with E-state index in [9.17, 15) is 4.79 Å². The van der Waals surface area contributed by atoms with Crippen molar-refractivity contribution < 1.29 is 4.79 Å². The van der Waals surface area contributed by atoms with Gasteiger partial charge in [0.15, 0.2) is 0 Å². The molecule has 2 aromatic carbocycles. The van der Waals surface area contributed by atoms with Crippen LogP contribution in [0.4, 0.5) is 0 Å². The fraction of sp³-hybridized carbons (Fsp3) is 0.304. The van der Waals surface area contributed by atoms with Crippen molar-refractivity contribution in [1.82, 2.24) is 15.1 Å². The lowest BCUT2D eigenvalue weighted by Crippen LogP contribution is -2.46. The minimum absolute atomic E-state index is 0.0312. The molecule has 152 valence electrons. The highest BCUT2D eigenvalue weighted by Gasteiger charge is 2.31. The van der Waals surface area contributed by atoms with Crippen LogP contribution < -0.4 is 0 Å². The van der Waals surface area contributed by atoms with Gasteiger partial charge in [-0.25, -0.2) is 0 Å². The zero-order chi connectivity index (χ0) is 21.0. The van der Waals surface area contributed by atoms with Crippen LogP contribution in [0.2, 0.25) is 10.0 Å². The van der Waals surface area contributed by atoms with Crippen molar-refractivity contribution in [3.63, 3.8) is 0 Å². The number of halogens is 2. The normalized spacial score (nSPS) is 13.3. The van der Waals surface area contributed by atoms with Crippen molar-refractivity contribution in [1.29, 1.82) is 0 Å². The van der Waals surface area contributed by atoms with Crippen LogP contribution in [0.25, 0.3) is 0 Å². The number of aromatic amines is 1. The zero-order valence-electron chi connectivity index (χ0n) is 16.8. The van der Waals surface area contributed by atoms with E-state index in [1.807, 2.05) is 67.3 Å². The fourth-order valence-electron chi connectivity index (χ4n) is 3.75. The highest BCUT2D eigenvalue weighted by Crippen LogP contribution is 2.31. The van der Waals surface area contributed by atoms with Crippen LogP contribution in [0.15, 0.2) is 60.9 Å². The lowest BCUT2D eigenvalue weighted by atomic mass is 9.85. The summed E-state index contributed by atoms with van der Waals surface area (Å²) in [6.07, 6.45) is 3.99. The van der Waals surface area contributed by atoms with Crippen LogP contribution in [0.1, 0.15) is 48.2 Å². The van der Waals surface area contributed by atoms with Crippen molar-refractivity contribution in [2.45, 2.75) is 45.2 Å². The summed E-state index contributed by atoms with van der Waals surface area (Å²) in [6.45, 7) is 6.18. The Kier molecular flexibility index (Phi) is 6.99. The molecule has 0 aliphatic carbocycles. The van der Waals surface area contributed by atoms with Gasteiger partial charge in [-0.05, 0) is 62.6 Å². The number of benzene rings is 2. The third-order valence-corrected chi connectivity index (χ3v) is 5.73. The molecule has 0 saturated carbocycles. The summed E-state index contributed by atoms with van der Waals surface area (Å²) in [5.74, 6) is 0.0583. The van der Waals surface area contributed by atoms with E-state index in [1.54, 1.807) is 12.4 Å². The minimum atomic E-state index is -0.0470. The second kappa shape index (κ2) is 9.47. The van der Waals surface area contributed by atoms with Gasteiger partial charge in [0.05, 0.1) is 11.8 Å². The van der Waals surface area contributed by atoms with Crippen molar-refractivity contribution in [2.24, 2.45) is 0 Å². The quantitative estimate of drug-likeness (QED) is 0.501. The van der Waals surface area contributed by atoms with Gasteiger partial charge < -0.3 is 4.90 Å². The Morgan fingerprint density at radius 3 is 2.10 bits per heavy atom. The summed E-state index contributed by atoms with van der Waals surface area (Å²) < 4.78 is 0. The zero-order valence-corrected chi connectivity index (χ0v) is 18.3. The first kappa shape index (κ1) is 21.4. The Morgan fingerprint density at radius 1 is 1.00 bits per heavy atom. The number of carbonyl (C=O) groups is 1. The molecule has 1 aromatic heterocycles. The summed E-state index contributed by atoms with van der Waals surface area (Å²) in [5, 5.41) is 8.07. The van der Waals surface area contributed by atoms with E-state index in [0.29, 0.717) is 15.6 Å². The Hall–Kier alpha value is -2.30. The summed E-state index contributed by atoms with van der Waals surface area (Å²) in [4.78, 5) is 15.1. The van der Waals surface area contributed by atoms with E-state index in [4.69, 9.17) is 23.2 Å². The molecule has 1 N–H and O–H groups in total. The van der Waals surface area contributed by atoms with Crippen LogP contribution in [0, 0.1) is 0 Å². The third kappa shape index (κ3) is 5.20. The lowest BCUT2D eigenvalue weighted by molar-refractivity contribution is 0.0593. The molecule has 0 aliphatic rings. The highest BCUT2D eigenvalue weighted by molar-refractivity contribution is 6.30. The Morgan fingerprint density at radius 2 is 1.59 bits per heavy atom. The molecule has 1 amide bonds. The molecule has 0 spiro atoms. The maximum atomic E-state index is 13.2. The topological polar surface area (TPSA) is 49.0 Å². The van der Waals surface area contributed by atoms with Crippen molar-refractivity contribution in [3.05, 3.63) is 87.7 Å². The SMILES string of the molecule is CC(C)N(C(=O)c1cn[nH]c1)C(C)C(Cc1ccc(Cl)cc1)c1ccc(Cl)cc1. The second-order valence-corrected chi connectivity index (χ2v) is 8.40. The first-order chi connectivity index (χ1) is 13.9. The molecule has 2 atom stereocenters. The van der Waals surface area contributed by atoms with Crippen LogP contribution in [-0.2, 0) is 6.42 Å². The number of H-pyrrole nitrogens is 1. The molecule has 6 heteroatoms. The molecule has 0 bridgehead atoms. The average molecular weight is 430 g/mol. The Balaban J connectivity index is 1.97. The monoisotopic (exact) mass is 429 g/mol. The average Bonchev–Trinajstić information content (AvgIpc) is 3.23. The van der Waals surface area contributed by atoms with Gasteiger partial charge in [0, 0.05) is 34.2 Å². The van der Waals surface area contributed by atoms with Crippen LogP contribution in [-0.4, -0.2) is 33.1 Å². The number of hydrogen-bond donors (Lipinski definition) is 1. The maximum Gasteiger partial charge on any atom is 0.257 e. The standard InChI is InChI=1S/C23H25Cl2N3O/c1-15(2)28(23(29)19-13-26-27-14-19)16(3)22(18-6-10-21(25)11-7-18)12-17-4-8-20(24)9-5-17/h4-11,13-16,22H,12H2,1-3H3,(H,26,27). The molecule has 0 fully saturated rings. The van der Waals surface area contributed by atoms with E-state index < -0.39 is 0 Å². The summed E-state index contributed by atoms with van der Waals surface area (Å²) >= 11 is 12.2. The maximum absolute atomic E-state index is 13.2. The van der Waals surface area contributed by atoms with Crippen LogP contribution in [0.5, 0.6) is 0 Å². The number of nitrogens with zero attached hydrogens (tertiary/aromatic N) is 2. The molecular formula is C23H25Cl2N3O. The van der Waals surface area contributed by atoms with E-state index >= 15 is 0 Å². The van der Waals surface area contributed by atoms with Crippen molar-refractivity contribution in [3.8, 4) is 0 Å². The van der Waals surface area contributed by atoms with Gasteiger partial charge in [0.1, 0.15) is 0 Å². The van der Waals surface area contributed by atoms with Crippen molar-refractivity contribution in [2.75, 3.05) is 0 Å². The number of carbonyl (C=O) groups excluding carboxylic acids is 1. The molecule has 3 aromatic rings. The van der Waals surface area contributed by atoms with Crippen LogP contribution >= 0.6 is 23.2 Å². The lowest BCUT2D eigenvalue weighted by Gasteiger charge is -2.38. The van der Waals surface area contributed by atoms with Gasteiger partial charge in [-0.15, -0.1) is 0 Å². The summed E-state index contributed by atoms with van der Waals surface area (Å²) in [5.41, 5.74) is 2.87. The van der Waals surface area contributed by atoms with Crippen molar-refractivity contribution >= 4 is 29.1 Å². The van der Waals surface area contributed by atoms with E-state index in [-0.39, 0.29) is 23.9 Å². The number of amides is 1. The molecule has 3 rings (SSSR count). The molecule has 0 radical (unpaired) electrons. The summed E-state index contributed by atoms with van der Waals surface area (Å²) in [7, 11) is 0. The third-order valence-electron chi connectivity index (χ3n) is 5.22. The van der Waals surface area contributed by atoms with Gasteiger partial charge in [-0.3, -0.25) is 9.89 Å². The molecule has 2 unspecified atom stereocenters. The largest absolute Gasteiger partial charge is 0.333 e. The predicted octanol–water partition coefficient (Wildman–Crippen LogP) is 5.98. The molecule has 4 nitrogen and oxygen atoms in total. The number of rotatable bonds is 7. The first-order valence-electron chi connectivity index (χ1n) is 9.68. The highest BCUT2D eigenvalue weighted by atomic mass is 35.5. The minimum Gasteiger partial charge on any atom is -0.333 e. The number of hydrogen-bond acceptors (Lipinski definition) is 2. The molecule has 0 saturated heterocycles. The van der Waals surface area contributed by atoms with Crippen LogP contribution in [0.3, 0.4) is 0 Å². The predicted molar refractivity (Wildman–Crippen MR) is 119 cm³/mol. The van der Waals surface area contributed by atoms with Gasteiger partial charge in [-0.1, -0.05) is 47.5 Å². The number of nitrogens with one attached hydrogen (secondary N) is 1. The van der Waals surface area contributed by atoms with Gasteiger partial charge in [0.25, 0.3) is 5.91 Å². The Bertz CT molecular complexity index is 922. The number of aromatic nitrogens is 2. The molecular weight excluding hydrogens is 405 g/mol. The molecule has 0 aliphatic heterocycles. The van der Waals surface area contributed by atoms with Gasteiger partial charge >= 0.3 is 0 Å². The van der Waals surface area contributed by atoms with E-state index in [2.05, 4.69) is 17.1 Å². The Labute approximate surface area is 181 Å². The second-order valence-electron chi connectivity index (χ2n) is 7.52. The molecule has 1 heterocycles. The van der Waals surface area contributed by atoms with Gasteiger partial charge in [0.2, 0.25) is 0 Å². The smallest absolute Gasteiger partial charge is 0.257 e. The van der Waals surface area contributed by atoms with E-state index in [1.165, 1.54) is 5.56 Å². The summed E-state index contributed by atoms with van der Waals surface area (Å²) in [6, 6.07) is 15.7. The van der Waals surface area contributed by atoms with E-state index in [0.717, 1.165) is 12.0 Å².